The number of esters is 1. The summed E-state index contributed by atoms with van der Waals surface area (Å²) in [6.45, 7) is 6.19. The van der Waals surface area contributed by atoms with Crippen molar-refractivity contribution in [1.29, 1.82) is 0 Å². The number of carbonyl (C=O) groups excluding carboxylic acids is 2. The third-order valence-corrected chi connectivity index (χ3v) is 11.1. The highest BCUT2D eigenvalue weighted by Crippen LogP contribution is 2.17. The number of rotatable bonds is 45. The molecule has 0 spiro atoms. The van der Waals surface area contributed by atoms with E-state index in [1.165, 1.54) is 70.6 Å². The first-order valence-electron chi connectivity index (χ1n) is 26.3. The van der Waals surface area contributed by atoms with Gasteiger partial charge in [-0.2, -0.15) is 0 Å². The molecule has 0 rings (SSSR count). The van der Waals surface area contributed by atoms with E-state index in [9.17, 15) is 19.8 Å². The molecular weight excluding hydrogens is 803 g/mol. The first-order chi connectivity index (χ1) is 32.0. The number of hydrogen-bond acceptors (Lipinski definition) is 5. The van der Waals surface area contributed by atoms with Crippen LogP contribution in [0, 0.1) is 0 Å². The van der Waals surface area contributed by atoms with E-state index in [2.05, 4.69) is 111 Å². The van der Waals surface area contributed by atoms with Gasteiger partial charge in [-0.05, 0) is 83.5 Å². The molecule has 0 aliphatic carbocycles. The lowest BCUT2D eigenvalue weighted by atomic mass is 10.0. The number of ether oxygens (including phenoxy) is 1. The van der Waals surface area contributed by atoms with Gasteiger partial charge in [0.2, 0.25) is 5.91 Å². The molecule has 65 heavy (non-hydrogen) atoms. The topological polar surface area (TPSA) is 95.9 Å². The number of unbranched alkanes of at least 4 members (excludes halogenated alkanes) is 16. The van der Waals surface area contributed by atoms with Crippen LogP contribution < -0.4 is 5.32 Å². The van der Waals surface area contributed by atoms with E-state index in [1.807, 2.05) is 36.5 Å². The van der Waals surface area contributed by atoms with E-state index in [0.717, 1.165) is 89.9 Å². The van der Waals surface area contributed by atoms with E-state index in [0.29, 0.717) is 19.3 Å². The van der Waals surface area contributed by atoms with Crippen LogP contribution in [0.2, 0.25) is 0 Å². The normalized spacial score (nSPS) is 14.2. The maximum atomic E-state index is 13.2. The standard InChI is InChI=1S/C59H97NO5/c1-4-7-10-13-16-19-22-25-27-28-29-30-31-34-37-40-43-46-49-52-59(64)65-55(50-47-44-41-38-35-32-24-21-18-15-12-9-6-3)53-58(63)60-56(54-61)57(62)51-48-45-42-39-36-33-26-23-20-17-14-11-8-5-2/h7,9-10,12,15-16,18-19,21,24-25,27,29-30,32,34-35,37,43,46,55-57,61-62H,4-6,8,11,13-14,17,20,22-23,26,28,31,33,36,38-42,44-45,47-54H2,1-3H3,(H,60,63)/b10-7-,12-9+,18-15+,19-16-,24-21+,27-25-,30-29-,35-32-,37-34-,46-43-. The smallest absolute Gasteiger partial charge is 0.306 e. The van der Waals surface area contributed by atoms with Gasteiger partial charge in [0.05, 0.1) is 25.2 Å². The van der Waals surface area contributed by atoms with E-state index >= 15 is 0 Å². The highest BCUT2D eigenvalue weighted by atomic mass is 16.5. The zero-order chi connectivity index (χ0) is 47.4. The van der Waals surface area contributed by atoms with Crippen molar-refractivity contribution in [2.75, 3.05) is 6.61 Å². The molecule has 3 N–H and O–H groups in total. The van der Waals surface area contributed by atoms with Gasteiger partial charge in [0.15, 0.2) is 0 Å². The van der Waals surface area contributed by atoms with E-state index < -0.39 is 18.2 Å². The molecule has 0 heterocycles. The summed E-state index contributed by atoms with van der Waals surface area (Å²) in [7, 11) is 0. The average molecular weight is 900 g/mol. The number of aliphatic hydroxyl groups excluding tert-OH is 2. The Kier molecular flexibility index (Phi) is 48.3. The number of carbonyl (C=O) groups is 2. The summed E-state index contributed by atoms with van der Waals surface area (Å²) in [5, 5.41) is 23.8. The Morgan fingerprint density at radius 2 is 0.908 bits per heavy atom. The minimum Gasteiger partial charge on any atom is -0.462 e. The molecule has 6 nitrogen and oxygen atoms in total. The lowest BCUT2D eigenvalue weighted by Crippen LogP contribution is -2.46. The van der Waals surface area contributed by atoms with Crippen molar-refractivity contribution in [1.82, 2.24) is 5.32 Å². The second-order valence-electron chi connectivity index (χ2n) is 17.3. The third kappa shape index (κ3) is 46.6. The van der Waals surface area contributed by atoms with E-state index in [4.69, 9.17) is 4.74 Å². The Morgan fingerprint density at radius 1 is 0.477 bits per heavy atom. The molecule has 3 unspecified atom stereocenters. The van der Waals surface area contributed by atoms with Crippen molar-refractivity contribution in [2.45, 2.75) is 232 Å². The first kappa shape index (κ1) is 61.3. The van der Waals surface area contributed by atoms with Crippen LogP contribution >= 0.6 is 0 Å². The molecule has 1 amide bonds. The van der Waals surface area contributed by atoms with Gasteiger partial charge in [-0.15, -0.1) is 0 Å². The Labute approximate surface area is 400 Å². The molecular formula is C59H97NO5. The largest absolute Gasteiger partial charge is 0.462 e. The van der Waals surface area contributed by atoms with Crippen LogP contribution in [0.15, 0.2) is 122 Å². The molecule has 0 aliphatic heterocycles. The highest BCUT2D eigenvalue weighted by molar-refractivity contribution is 5.77. The number of hydrogen-bond donors (Lipinski definition) is 3. The van der Waals surface area contributed by atoms with Gasteiger partial charge >= 0.3 is 5.97 Å². The summed E-state index contributed by atoms with van der Waals surface area (Å²) < 4.78 is 5.87. The van der Waals surface area contributed by atoms with Crippen LogP contribution in [0.4, 0.5) is 0 Å². The van der Waals surface area contributed by atoms with Crippen LogP contribution in [0.1, 0.15) is 213 Å². The summed E-state index contributed by atoms with van der Waals surface area (Å²) in [6.07, 6.45) is 71.2. The van der Waals surface area contributed by atoms with Gasteiger partial charge in [-0.3, -0.25) is 9.59 Å². The molecule has 3 atom stereocenters. The van der Waals surface area contributed by atoms with Crippen LogP contribution in [0.3, 0.4) is 0 Å². The molecule has 0 bridgehead atoms. The number of amides is 1. The summed E-state index contributed by atoms with van der Waals surface area (Å²) >= 11 is 0. The molecule has 0 radical (unpaired) electrons. The van der Waals surface area contributed by atoms with E-state index in [-0.39, 0.29) is 31.3 Å². The Bertz CT molecular complexity index is 1380. The van der Waals surface area contributed by atoms with Gasteiger partial charge in [0.25, 0.3) is 0 Å². The van der Waals surface area contributed by atoms with Crippen molar-refractivity contribution in [3.05, 3.63) is 122 Å². The first-order valence-corrected chi connectivity index (χ1v) is 26.3. The van der Waals surface area contributed by atoms with Crippen LogP contribution in [-0.4, -0.2) is 46.9 Å². The quantitative estimate of drug-likeness (QED) is 0.0245. The lowest BCUT2D eigenvalue weighted by molar-refractivity contribution is -0.150. The van der Waals surface area contributed by atoms with Gasteiger partial charge in [-0.1, -0.05) is 239 Å². The van der Waals surface area contributed by atoms with Gasteiger partial charge < -0.3 is 20.3 Å². The predicted octanol–water partition coefficient (Wildman–Crippen LogP) is 16.1. The minimum atomic E-state index is -0.819. The second kappa shape index (κ2) is 51.2. The highest BCUT2D eigenvalue weighted by Gasteiger charge is 2.24. The fourth-order valence-electron chi connectivity index (χ4n) is 7.23. The van der Waals surface area contributed by atoms with Crippen molar-refractivity contribution in [3.8, 4) is 0 Å². The molecule has 0 aromatic rings. The molecule has 0 fully saturated rings. The monoisotopic (exact) mass is 900 g/mol. The van der Waals surface area contributed by atoms with Gasteiger partial charge in [0, 0.05) is 6.42 Å². The summed E-state index contributed by atoms with van der Waals surface area (Å²) in [5.41, 5.74) is 0. The van der Waals surface area contributed by atoms with Crippen LogP contribution in [0.25, 0.3) is 0 Å². The van der Waals surface area contributed by atoms with E-state index in [1.54, 1.807) is 0 Å². The second-order valence-corrected chi connectivity index (χ2v) is 17.3. The number of nitrogens with one attached hydrogen (secondary N) is 1. The zero-order valence-electron chi connectivity index (χ0n) is 41.8. The molecule has 0 aromatic heterocycles. The minimum absolute atomic E-state index is 0.0133. The molecule has 0 aromatic carbocycles. The fraction of sp³-hybridized carbons (Fsp3) is 0.627. The Balaban J connectivity index is 4.75. The lowest BCUT2D eigenvalue weighted by Gasteiger charge is -2.24. The zero-order valence-corrected chi connectivity index (χ0v) is 41.8. The molecule has 0 aliphatic rings. The van der Waals surface area contributed by atoms with Gasteiger partial charge in [-0.25, -0.2) is 0 Å². The molecule has 0 saturated carbocycles. The third-order valence-electron chi connectivity index (χ3n) is 11.1. The molecule has 368 valence electrons. The number of aliphatic hydroxyl groups is 2. The maximum absolute atomic E-state index is 13.2. The Hall–Kier alpha value is -3.74. The Morgan fingerprint density at radius 3 is 1.42 bits per heavy atom. The predicted molar refractivity (Wildman–Crippen MR) is 282 cm³/mol. The molecule has 6 heteroatoms. The van der Waals surface area contributed by atoms with Crippen molar-refractivity contribution < 1.29 is 24.5 Å². The average Bonchev–Trinajstić information content (AvgIpc) is 3.30. The maximum Gasteiger partial charge on any atom is 0.306 e. The summed E-state index contributed by atoms with van der Waals surface area (Å²) in [5.74, 6) is -0.624. The van der Waals surface area contributed by atoms with Crippen LogP contribution in [0.5, 0.6) is 0 Å². The fourth-order valence-corrected chi connectivity index (χ4v) is 7.23. The summed E-state index contributed by atoms with van der Waals surface area (Å²) in [6, 6.07) is -0.738. The number of allylic oxidation sites excluding steroid dienone is 20. The van der Waals surface area contributed by atoms with Crippen LogP contribution in [-0.2, 0) is 14.3 Å². The molecule has 0 saturated heterocycles. The van der Waals surface area contributed by atoms with Crippen molar-refractivity contribution >= 4 is 11.9 Å². The summed E-state index contributed by atoms with van der Waals surface area (Å²) in [4.78, 5) is 26.1. The van der Waals surface area contributed by atoms with Crippen molar-refractivity contribution in [2.24, 2.45) is 0 Å². The SMILES string of the molecule is CC/C=C\C/C=C\C/C=C\C/C=C\C/C=C\C/C=C\CCC(=O)OC(CCCCC\C=C/C=C/C=C/C=C/CC)CC(=O)NC(CO)C(O)CCCCCCCCCCCCCCCC. The van der Waals surface area contributed by atoms with Crippen molar-refractivity contribution in [3.63, 3.8) is 0 Å². The van der Waals surface area contributed by atoms with Gasteiger partial charge in [0.1, 0.15) is 6.10 Å².